The first-order valence-corrected chi connectivity index (χ1v) is 14.5. The number of amides is 1. The van der Waals surface area contributed by atoms with Crippen molar-refractivity contribution in [2.75, 3.05) is 0 Å². The van der Waals surface area contributed by atoms with E-state index in [-0.39, 0.29) is 17.0 Å². The number of benzene rings is 5. The van der Waals surface area contributed by atoms with E-state index in [1.54, 1.807) is 18.2 Å². The molecule has 1 amide bonds. The first kappa shape index (κ1) is 27.5. The van der Waals surface area contributed by atoms with Gasteiger partial charge in [-0.05, 0) is 101 Å². The van der Waals surface area contributed by atoms with E-state index in [1.165, 1.54) is 18.2 Å². The summed E-state index contributed by atoms with van der Waals surface area (Å²) < 4.78 is 30.2. The summed E-state index contributed by atoms with van der Waals surface area (Å²) in [5.41, 5.74) is 3.98. The quantitative estimate of drug-likeness (QED) is 0.197. The lowest BCUT2D eigenvalue weighted by Crippen LogP contribution is -2.28. The van der Waals surface area contributed by atoms with E-state index in [9.17, 15) is 23.5 Å². The monoisotopic (exact) mass is 586 g/mol. The second-order valence-corrected chi connectivity index (χ2v) is 11.5. The molecule has 1 aliphatic rings. The van der Waals surface area contributed by atoms with E-state index < -0.39 is 23.6 Å². The van der Waals surface area contributed by atoms with Crippen LogP contribution in [-0.4, -0.2) is 21.6 Å². The van der Waals surface area contributed by atoms with Crippen molar-refractivity contribution in [1.82, 2.24) is 9.88 Å². The Labute approximate surface area is 252 Å². The summed E-state index contributed by atoms with van der Waals surface area (Å²) in [4.78, 5) is 25.4. The second-order valence-electron chi connectivity index (χ2n) is 11.5. The zero-order chi connectivity index (χ0) is 30.6. The highest BCUT2D eigenvalue weighted by molar-refractivity contribution is 6.08. The van der Waals surface area contributed by atoms with Gasteiger partial charge in [0.1, 0.15) is 0 Å². The molecule has 1 atom stereocenters. The van der Waals surface area contributed by atoms with Gasteiger partial charge < -0.3 is 15.0 Å². The molecule has 0 aliphatic heterocycles. The number of hydrogen-bond donors (Lipinski definition) is 2. The molecule has 0 radical (unpaired) electrons. The molecule has 0 saturated heterocycles. The van der Waals surface area contributed by atoms with Crippen LogP contribution in [0.2, 0.25) is 0 Å². The van der Waals surface area contributed by atoms with Crippen LogP contribution in [0.4, 0.5) is 8.78 Å². The average molecular weight is 587 g/mol. The fourth-order valence-electron chi connectivity index (χ4n) is 6.19. The number of carboxylic acids is 1. The van der Waals surface area contributed by atoms with Crippen molar-refractivity contribution in [3.05, 3.63) is 143 Å². The summed E-state index contributed by atoms with van der Waals surface area (Å²) in [7, 11) is 0. The fourth-order valence-corrected chi connectivity index (χ4v) is 6.19. The summed E-state index contributed by atoms with van der Waals surface area (Å²) in [5.74, 6) is -3.25. The first-order valence-electron chi connectivity index (χ1n) is 14.5. The third-order valence-electron chi connectivity index (χ3n) is 8.76. The topological polar surface area (TPSA) is 71.3 Å². The van der Waals surface area contributed by atoms with E-state index in [0.717, 1.165) is 57.8 Å². The van der Waals surface area contributed by atoms with Gasteiger partial charge in [0.25, 0.3) is 5.91 Å². The third kappa shape index (κ3) is 4.71. The van der Waals surface area contributed by atoms with E-state index in [0.29, 0.717) is 16.7 Å². The van der Waals surface area contributed by atoms with Crippen molar-refractivity contribution in [3.63, 3.8) is 0 Å². The predicted octanol–water partition coefficient (Wildman–Crippen LogP) is 8.47. The molecule has 7 heteroatoms. The number of halogens is 2. The molecule has 1 heterocycles. The Balaban J connectivity index is 1.34. The molecule has 2 N–H and O–H groups in total. The molecule has 0 unspecified atom stereocenters. The van der Waals surface area contributed by atoms with E-state index in [1.807, 2.05) is 37.4 Å². The van der Waals surface area contributed by atoms with Gasteiger partial charge >= 0.3 is 5.97 Å². The van der Waals surface area contributed by atoms with Crippen LogP contribution in [-0.2, 0) is 5.54 Å². The molecule has 1 aromatic heterocycles. The summed E-state index contributed by atoms with van der Waals surface area (Å²) in [6.45, 7) is 1.83. The maximum atomic E-state index is 14.2. The largest absolute Gasteiger partial charge is 0.478 e. The minimum atomic E-state index is -1.02. The van der Waals surface area contributed by atoms with Crippen molar-refractivity contribution < 1.29 is 23.5 Å². The fraction of sp³-hybridized carbons (Fsp3) is 0.135. The van der Waals surface area contributed by atoms with Gasteiger partial charge in [-0.15, -0.1) is 0 Å². The van der Waals surface area contributed by atoms with E-state index in [2.05, 4.69) is 40.2 Å². The maximum Gasteiger partial charge on any atom is 0.335 e. The molecule has 0 spiro atoms. The lowest BCUT2D eigenvalue weighted by Gasteiger charge is -2.23. The number of fused-ring (bicyclic) bond motifs is 2. The van der Waals surface area contributed by atoms with Crippen LogP contribution in [0.3, 0.4) is 0 Å². The Kier molecular flexibility index (Phi) is 6.54. The number of carbonyl (C=O) groups is 2. The van der Waals surface area contributed by atoms with Crippen molar-refractivity contribution in [2.45, 2.75) is 31.3 Å². The Morgan fingerprint density at radius 1 is 0.795 bits per heavy atom. The van der Waals surface area contributed by atoms with Gasteiger partial charge in [0.2, 0.25) is 0 Å². The van der Waals surface area contributed by atoms with Gasteiger partial charge in [0.05, 0.1) is 28.2 Å². The van der Waals surface area contributed by atoms with Gasteiger partial charge in [0, 0.05) is 11.6 Å². The molecule has 1 saturated carbocycles. The Bertz CT molecular complexity index is 2090. The predicted molar refractivity (Wildman–Crippen MR) is 167 cm³/mol. The summed E-state index contributed by atoms with van der Waals surface area (Å²) in [6.07, 6.45) is 3.83. The van der Waals surface area contributed by atoms with Crippen LogP contribution in [0.25, 0.3) is 32.8 Å². The number of aromatic carboxylic acids is 1. The Morgan fingerprint density at radius 2 is 1.55 bits per heavy atom. The lowest BCUT2D eigenvalue weighted by molar-refractivity contribution is 0.0696. The molecule has 0 bridgehead atoms. The molecular weight excluding hydrogens is 558 g/mol. The van der Waals surface area contributed by atoms with E-state index in [4.69, 9.17) is 0 Å². The standard InChI is InChI=1S/C37H28F2N2O3/c1-22(23-6-8-25(9-7-23)36(43)44)40-35(42)31-20-29(27-11-13-32(38)33(39)21-27)18-28-14-17-41(34(28)31)37(15-16-37)30-12-10-24-4-2-3-5-26(24)19-30/h2-14,17-22H,15-16H2,1H3,(H,40,42)(H,43,44)/t22-/m0/s1. The highest BCUT2D eigenvalue weighted by atomic mass is 19.2. The molecule has 1 aliphatic carbocycles. The highest BCUT2D eigenvalue weighted by Gasteiger charge is 2.47. The normalized spacial score (nSPS) is 14.4. The Morgan fingerprint density at radius 3 is 2.25 bits per heavy atom. The summed E-state index contributed by atoms with van der Waals surface area (Å²) in [5, 5.41) is 15.4. The number of nitrogens with zero attached hydrogens (tertiary/aromatic N) is 1. The Hall–Kier alpha value is -5.30. The summed E-state index contributed by atoms with van der Waals surface area (Å²) in [6, 6.07) is 30.0. The van der Waals surface area contributed by atoms with Gasteiger partial charge in [-0.1, -0.05) is 54.6 Å². The molecule has 44 heavy (non-hydrogen) atoms. The third-order valence-corrected chi connectivity index (χ3v) is 8.76. The number of carbonyl (C=O) groups excluding carboxylic acids is 1. The average Bonchev–Trinajstić information content (AvgIpc) is 3.73. The van der Waals surface area contributed by atoms with Crippen LogP contribution in [0.5, 0.6) is 0 Å². The number of rotatable bonds is 7. The van der Waals surface area contributed by atoms with Crippen LogP contribution in [0, 0.1) is 11.6 Å². The van der Waals surface area contributed by atoms with Gasteiger partial charge in [-0.2, -0.15) is 0 Å². The highest BCUT2D eigenvalue weighted by Crippen LogP contribution is 2.52. The summed E-state index contributed by atoms with van der Waals surface area (Å²) >= 11 is 0. The van der Waals surface area contributed by atoms with Crippen molar-refractivity contribution in [2.24, 2.45) is 0 Å². The van der Waals surface area contributed by atoms with E-state index >= 15 is 0 Å². The molecule has 218 valence electrons. The van der Waals surface area contributed by atoms with Crippen LogP contribution in [0.1, 0.15) is 57.7 Å². The first-order chi connectivity index (χ1) is 21.2. The van der Waals surface area contributed by atoms with Gasteiger partial charge in [-0.3, -0.25) is 4.79 Å². The second kappa shape index (κ2) is 10.5. The number of hydrogen-bond acceptors (Lipinski definition) is 2. The number of nitrogens with one attached hydrogen (secondary N) is 1. The van der Waals surface area contributed by atoms with Crippen LogP contribution in [0.15, 0.2) is 109 Å². The smallest absolute Gasteiger partial charge is 0.335 e. The molecule has 6 aromatic rings. The SMILES string of the molecule is C[C@H](NC(=O)c1cc(-c2ccc(F)c(F)c2)cc2ccn(C3(c4ccc5ccccc5c4)CC3)c12)c1ccc(C(=O)O)cc1. The number of carboxylic acid groups (broad SMARTS) is 1. The molecular formula is C37H28F2N2O3. The van der Waals surface area contributed by atoms with Crippen LogP contribution < -0.4 is 5.32 Å². The van der Waals surface area contributed by atoms with Crippen molar-refractivity contribution in [1.29, 1.82) is 0 Å². The molecule has 5 aromatic carbocycles. The minimum absolute atomic E-state index is 0.162. The number of aromatic nitrogens is 1. The zero-order valence-corrected chi connectivity index (χ0v) is 23.9. The van der Waals surface area contributed by atoms with Crippen LogP contribution >= 0.6 is 0 Å². The maximum absolute atomic E-state index is 14.2. The van der Waals surface area contributed by atoms with Crippen molar-refractivity contribution >= 4 is 33.6 Å². The van der Waals surface area contributed by atoms with Gasteiger partial charge in [-0.25, -0.2) is 13.6 Å². The lowest BCUT2D eigenvalue weighted by atomic mass is 9.97. The molecule has 5 nitrogen and oxygen atoms in total. The zero-order valence-electron chi connectivity index (χ0n) is 23.9. The molecule has 1 fully saturated rings. The van der Waals surface area contributed by atoms with Gasteiger partial charge in [0.15, 0.2) is 11.6 Å². The van der Waals surface area contributed by atoms with Crippen molar-refractivity contribution in [3.8, 4) is 11.1 Å². The minimum Gasteiger partial charge on any atom is -0.478 e. The molecule has 7 rings (SSSR count).